The second-order valence-electron chi connectivity index (χ2n) is 7.28. The number of aromatic nitrogens is 1. The summed E-state index contributed by atoms with van der Waals surface area (Å²) in [7, 11) is 1.93. The molecule has 1 fully saturated rings. The number of pyridine rings is 1. The van der Waals surface area contributed by atoms with Crippen LogP contribution >= 0.6 is 0 Å². The normalized spacial score (nSPS) is 15.5. The summed E-state index contributed by atoms with van der Waals surface area (Å²) in [5, 5.41) is 8.49. The van der Waals surface area contributed by atoms with Gasteiger partial charge in [-0.2, -0.15) is 0 Å². The molecule has 3 N–H and O–H groups in total. The van der Waals surface area contributed by atoms with Gasteiger partial charge in [0.05, 0.1) is 11.9 Å². The second kappa shape index (κ2) is 9.44. The van der Waals surface area contributed by atoms with Gasteiger partial charge >= 0.3 is 6.03 Å². The molecule has 1 aromatic heterocycles. The summed E-state index contributed by atoms with van der Waals surface area (Å²) >= 11 is 0. The van der Waals surface area contributed by atoms with Crippen molar-refractivity contribution in [3.05, 3.63) is 72.8 Å². The highest BCUT2D eigenvalue weighted by molar-refractivity contribution is 5.99. The zero-order chi connectivity index (χ0) is 21.6. The molecule has 7 nitrogen and oxygen atoms in total. The summed E-state index contributed by atoms with van der Waals surface area (Å²) in [4.78, 5) is 18.4. The van der Waals surface area contributed by atoms with Gasteiger partial charge in [0.1, 0.15) is 17.3 Å². The smallest absolute Gasteiger partial charge is 0.323 e. The van der Waals surface area contributed by atoms with Gasteiger partial charge in [0, 0.05) is 36.7 Å². The van der Waals surface area contributed by atoms with Crippen LogP contribution in [0.5, 0.6) is 11.5 Å². The van der Waals surface area contributed by atoms with E-state index in [4.69, 9.17) is 4.74 Å². The highest BCUT2D eigenvalue weighted by Gasteiger charge is 2.22. The van der Waals surface area contributed by atoms with E-state index < -0.39 is 11.8 Å². The molecule has 1 aliphatic heterocycles. The zero-order valence-corrected chi connectivity index (χ0v) is 17.1. The van der Waals surface area contributed by atoms with Gasteiger partial charge < -0.3 is 25.6 Å². The van der Waals surface area contributed by atoms with Crippen LogP contribution in [0.25, 0.3) is 0 Å². The van der Waals surface area contributed by atoms with Gasteiger partial charge in [0.2, 0.25) is 0 Å². The highest BCUT2D eigenvalue weighted by atomic mass is 19.1. The first-order valence-electron chi connectivity index (χ1n) is 10.1. The first-order valence-corrected chi connectivity index (χ1v) is 10.1. The molecule has 3 aromatic rings. The van der Waals surface area contributed by atoms with Crippen molar-refractivity contribution in [2.24, 2.45) is 0 Å². The molecule has 1 unspecified atom stereocenters. The summed E-state index contributed by atoms with van der Waals surface area (Å²) in [6.07, 6.45) is 4.30. The van der Waals surface area contributed by atoms with Crippen LogP contribution < -0.4 is 25.6 Å². The van der Waals surface area contributed by atoms with Gasteiger partial charge in [-0.3, -0.25) is 4.98 Å². The van der Waals surface area contributed by atoms with Crippen LogP contribution in [0.3, 0.4) is 0 Å². The Kier molecular flexibility index (Phi) is 6.28. The van der Waals surface area contributed by atoms with Gasteiger partial charge in [-0.05, 0) is 68.1 Å². The van der Waals surface area contributed by atoms with Crippen LogP contribution in [-0.2, 0) is 0 Å². The van der Waals surface area contributed by atoms with Crippen LogP contribution in [0.15, 0.2) is 67.0 Å². The van der Waals surface area contributed by atoms with Gasteiger partial charge in [-0.1, -0.05) is 0 Å². The van der Waals surface area contributed by atoms with Crippen molar-refractivity contribution in [2.75, 3.05) is 35.7 Å². The van der Waals surface area contributed by atoms with Gasteiger partial charge in [-0.25, -0.2) is 9.18 Å². The lowest BCUT2D eigenvalue weighted by atomic mass is 10.2. The van der Waals surface area contributed by atoms with Crippen molar-refractivity contribution >= 4 is 23.1 Å². The average molecular weight is 421 g/mol. The summed E-state index contributed by atoms with van der Waals surface area (Å²) in [6.45, 7) is 1.71. The molecule has 2 amide bonds. The Morgan fingerprint density at radius 3 is 2.65 bits per heavy atom. The molecular weight excluding hydrogens is 397 g/mol. The third kappa shape index (κ3) is 5.29. The Balaban J connectivity index is 1.33. The molecule has 2 aromatic carbocycles. The van der Waals surface area contributed by atoms with E-state index in [2.05, 4.69) is 25.8 Å². The first-order chi connectivity index (χ1) is 15.1. The molecule has 0 spiro atoms. The lowest BCUT2D eigenvalue weighted by molar-refractivity contribution is 0.262. The Hall–Kier alpha value is -3.65. The van der Waals surface area contributed by atoms with E-state index in [9.17, 15) is 9.18 Å². The zero-order valence-electron chi connectivity index (χ0n) is 17.1. The highest BCUT2D eigenvalue weighted by Crippen LogP contribution is 2.26. The Bertz CT molecular complexity index is 1030. The van der Waals surface area contributed by atoms with Gasteiger partial charge in [0.25, 0.3) is 0 Å². The Labute approximate surface area is 180 Å². The molecule has 8 heteroatoms. The predicted molar refractivity (Wildman–Crippen MR) is 119 cm³/mol. The summed E-state index contributed by atoms with van der Waals surface area (Å²) in [5.41, 5.74) is 1.50. The molecule has 160 valence electrons. The van der Waals surface area contributed by atoms with Crippen LogP contribution in [-0.4, -0.2) is 37.2 Å². The maximum Gasteiger partial charge on any atom is 0.323 e. The minimum Gasteiger partial charge on any atom is -0.456 e. The van der Waals surface area contributed by atoms with E-state index >= 15 is 0 Å². The minimum absolute atomic E-state index is 0.127. The molecule has 1 aliphatic rings. The van der Waals surface area contributed by atoms with Crippen molar-refractivity contribution in [3.63, 3.8) is 0 Å². The number of benzene rings is 2. The van der Waals surface area contributed by atoms with E-state index in [1.807, 2.05) is 13.1 Å². The largest absolute Gasteiger partial charge is 0.456 e. The number of urea groups is 1. The fraction of sp³-hybridized carbons (Fsp3) is 0.217. The molecule has 0 radical (unpaired) electrons. The molecule has 0 aliphatic carbocycles. The molecule has 1 saturated heterocycles. The molecule has 0 saturated carbocycles. The summed E-state index contributed by atoms with van der Waals surface area (Å²) < 4.78 is 20.2. The number of halogens is 1. The summed E-state index contributed by atoms with van der Waals surface area (Å²) in [5.74, 6) is 0.763. The minimum atomic E-state index is -0.524. The standard InChI is InChI=1S/C23H24FN5O2/c1-25-17-10-12-29(15-17)18-6-9-22(21(24)13-18)28-23(30)27-16-4-7-19(8-5-16)31-20-3-2-11-26-14-20/h2-9,11,13-14,17,25H,10,12,15H2,1H3,(H2,27,28,30). The second-order valence-corrected chi connectivity index (χ2v) is 7.28. The number of nitrogens with one attached hydrogen (secondary N) is 3. The molecule has 0 bridgehead atoms. The maximum absolute atomic E-state index is 14.5. The van der Waals surface area contributed by atoms with Gasteiger partial charge in [0.15, 0.2) is 0 Å². The number of hydrogen-bond acceptors (Lipinski definition) is 5. The number of nitrogens with zero attached hydrogens (tertiary/aromatic N) is 2. The monoisotopic (exact) mass is 421 g/mol. The number of carbonyl (C=O) groups is 1. The molecule has 2 heterocycles. The molecule has 4 rings (SSSR count). The van der Waals surface area contributed by atoms with E-state index in [-0.39, 0.29) is 5.69 Å². The van der Waals surface area contributed by atoms with Crippen LogP contribution in [0.2, 0.25) is 0 Å². The quantitative estimate of drug-likeness (QED) is 0.548. The van der Waals surface area contributed by atoms with E-state index in [0.29, 0.717) is 23.2 Å². The fourth-order valence-corrected chi connectivity index (χ4v) is 3.47. The third-order valence-electron chi connectivity index (χ3n) is 5.14. The van der Waals surface area contributed by atoms with Crippen LogP contribution in [0.1, 0.15) is 6.42 Å². The molecule has 1 atom stereocenters. The average Bonchev–Trinajstić information content (AvgIpc) is 3.27. The van der Waals surface area contributed by atoms with E-state index in [0.717, 1.165) is 25.2 Å². The SMILES string of the molecule is CNC1CCN(c2ccc(NC(=O)Nc3ccc(Oc4cccnc4)cc3)c(F)c2)C1. The van der Waals surface area contributed by atoms with Crippen molar-refractivity contribution in [1.82, 2.24) is 10.3 Å². The van der Waals surface area contributed by atoms with Crippen molar-refractivity contribution in [1.29, 1.82) is 0 Å². The summed E-state index contributed by atoms with van der Waals surface area (Å²) in [6, 6.07) is 15.2. The number of ether oxygens (including phenoxy) is 1. The fourth-order valence-electron chi connectivity index (χ4n) is 3.47. The van der Waals surface area contributed by atoms with E-state index in [1.54, 1.807) is 54.9 Å². The molecular formula is C23H24FN5O2. The number of anilines is 3. The van der Waals surface area contributed by atoms with Crippen molar-refractivity contribution < 1.29 is 13.9 Å². The number of amides is 2. The third-order valence-corrected chi connectivity index (χ3v) is 5.14. The number of rotatable bonds is 6. The van der Waals surface area contributed by atoms with Gasteiger partial charge in [-0.15, -0.1) is 0 Å². The van der Waals surface area contributed by atoms with Crippen LogP contribution in [0.4, 0.5) is 26.2 Å². The predicted octanol–water partition coefficient (Wildman–Crippen LogP) is 4.46. The lowest BCUT2D eigenvalue weighted by Gasteiger charge is -2.19. The lowest BCUT2D eigenvalue weighted by Crippen LogP contribution is -2.29. The Morgan fingerprint density at radius 2 is 1.97 bits per heavy atom. The number of carbonyl (C=O) groups excluding carboxylic acids is 1. The number of likely N-dealkylation sites (N-methyl/N-ethyl adjacent to an activating group) is 1. The number of hydrogen-bond donors (Lipinski definition) is 3. The first kappa shape index (κ1) is 20.6. The van der Waals surface area contributed by atoms with Crippen LogP contribution in [0, 0.1) is 5.82 Å². The van der Waals surface area contributed by atoms with Crippen molar-refractivity contribution in [3.8, 4) is 11.5 Å². The molecule has 31 heavy (non-hydrogen) atoms. The topological polar surface area (TPSA) is 78.5 Å². The Morgan fingerprint density at radius 1 is 1.13 bits per heavy atom. The van der Waals surface area contributed by atoms with Crippen molar-refractivity contribution in [2.45, 2.75) is 12.5 Å². The van der Waals surface area contributed by atoms with E-state index in [1.165, 1.54) is 6.07 Å². The maximum atomic E-state index is 14.5.